The summed E-state index contributed by atoms with van der Waals surface area (Å²) in [7, 11) is 0. The normalized spacial score (nSPS) is 10.9. The molecule has 0 saturated heterocycles. The number of aromatic amines is 1. The van der Waals surface area contributed by atoms with Crippen LogP contribution in [0.25, 0.3) is 22.2 Å². The van der Waals surface area contributed by atoms with Gasteiger partial charge in [-0.05, 0) is 65.7 Å². The molecule has 5 aromatic rings. The molecule has 34 heavy (non-hydrogen) atoms. The number of H-pyrrole nitrogens is 1. The van der Waals surface area contributed by atoms with E-state index in [1.807, 2.05) is 30.3 Å². The number of ether oxygens (including phenoxy) is 1. The van der Waals surface area contributed by atoms with Crippen LogP contribution < -0.4 is 10.1 Å². The molecule has 6 nitrogen and oxygen atoms in total. The summed E-state index contributed by atoms with van der Waals surface area (Å²) in [5.74, 6) is 0.787. The number of halogens is 2. The Morgan fingerprint density at radius 3 is 2.74 bits per heavy atom. The molecule has 0 bridgehead atoms. The van der Waals surface area contributed by atoms with Crippen LogP contribution in [0.4, 0.5) is 15.9 Å². The number of carbonyl (C=O) groups excluding carboxylic acids is 1. The fourth-order valence-electron chi connectivity index (χ4n) is 3.59. The molecule has 0 saturated carbocycles. The van der Waals surface area contributed by atoms with Crippen molar-refractivity contribution in [2.24, 2.45) is 0 Å². The van der Waals surface area contributed by atoms with E-state index < -0.39 is 0 Å². The number of anilines is 2. The number of nitrogens with one attached hydrogen (secondary N) is 2. The standard InChI is InChI=1S/C26H18ClFN4O2/c27-22-12-19(6-9-25(22)34-14-16-2-1-3-18(28)10-16)32-26-21-11-17(4-7-24(21)29-15-30-26)23-8-5-20(13-33)31-23/h1-13,15,31H,14H2,(H,29,30,32). The number of carbonyl (C=O) groups is 1. The average molecular weight is 473 g/mol. The maximum atomic E-state index is 13.4. The van der Waals surface area contributed by atoms with Crippen molar-refractivity contribution >= 4 is 40.3 Å². The topological polar surface area (TPSA) is 79.9 Å². The van der Waals surface area contributed by atoms with Crippen LogP contribution in [0.15, 0.2) is 79.1 Å². The van der Waals surface area contributed by atoms with E-state index >= 15 is 0 Å². The molecule has 3 aromatic carbocycles. The maximum absolute atomic E-state index is 13.4. The molecule has 0 atom stereocenters. The predicted octanol–water partition coefficient (Wildman–Crippen LogP) is 6.55. The Hall–Kier alpha value is -4.23. The third-order valence-corrected chi connectivity index (χ3v) is 5.56. The van der Waals surface area contributed by atoms with E-state index in [2.05, 4.69) is 20.3 Å². The summed E-state index contributed by atoms with van der Waals surface area (Å²) >= 11 is 6.43. The van der Waals surface area contributed by atoms with Gasteiger partial charge in [0.2, 0.25) is 0 Å². The number of nitrogens with zero attached hydrogens (tertiary/aromatic N) is 2. The first-order valence-corrected chi connectivity index (χ1v) is 10.8. The molecule has 0 spiro atoms. The molecule has 0 aliphatic carbocycles. The van der Waals surface area contributed by atoms with Gasteiger partial charge in [-0.25, -0.2) is 14.4 Å². The molecule has 0 radical (unpaired) electrons. The van der Waals surface area contributed by atoms with Gasteiger partial charge in [0.1, 0.15) is 30.3 Å². The average Bonchev–Trinajstić information content (AvgIpc) is 3.33. The molecular formula is C26H18ClFN4O2. The van der Waals surface area contributed by atoms with E-state index in [-0.39, 0.29) is 12.4 Å². The molecule has 0 aliphatic rings. The van der Waals surface area contributed by atoms with Gasteiger partial charge < -0.3 is 15.0 Å². The van der Waals surface area contributed by atoms with Crippen LogP contribution in [-0.2, 0) is 6.61 Å². The molecular weight excluding hydrogens is 455 g/mol. The molecule has 2 aromatic heterocycles. The van der Waals surface area contributed by atoms with Crippen molar-refractivity contribution in [3.05, 3.63) is 101 Å². The summed E-state index contributed by atoms with van der Waals surface area (Å²) in [5, 5.41) is 4.50. The van der Waals surface area contributed by atoms with Crippen molar-refractivity contribution in [2.45, 2.75) is 6.61 Å². The largest absolute Gasteiger partial charge is 0.487 e. The van der Waals surface area contributed by atoms with Crippen LogP contribution in [0.2, 0.25) is 5.02 Å². The summed E-state index contributed by atoms with van der Waals surface area (Å²) in [6.07, 6.45) is 2.26. The van der Waals surface area contributed by atoms with Gasteiger partial charge >= 0.3 is 0 Å². The van der Waals surface area contributed by atoms with Gasteiger partial charge in [-0.2, -0.15) is 0 Å². The Morgan fingerprint density at radius 2 is 1.94 bits per heavy atom. The number of aromatic nitrogens is 3. The Labute approximate surface area is 199 Å². The Kier molecular flexibility index (Phi) is 5.93. The van der Waals surface area contributed by atoms with Crippen LogP contribution in [0.3, 0.4) is 0 Å². The highest BCUT2D eigenvalue weighted by Gasteiger charge is 2.10. The van der Waals surface area contributed by atoms with Gasteiger partial charge in [-0.15, -0.1) is 0 Å². The maximum Gasteiger partial charge on any atom is 0.166 e. The highest BCUT2D eigenvalue weighted by atomic mass is 35.5. The van der Waals surface area contributed by atoms with E-state index in [1.165, 1.54) is 18.5 Å². The lowest BCUT2D eigenvalue weighted by Crippen LogP contribution is -1.99. The van der Waals surface area contributed by atoms with E-state index in [4.69, 9.17) is 16.3 Å². The zero-order valence-electron chi connectivity index (χ0n) is 17.8. The van der Waals surface area contributed by atoms with Gasteiger partial charge in [-0.3, -0.25) is 4.79 Å². The van der Waals surface area contributed by atoms with E-state index in [0.717, 1.165) is 34.1 Å². The zero-order chi connectivity index (χ0) is 23.5. The van der Waals surface area contributed by atoms with Crippen molar-refractivity contribution in [3.63, 3.8) is 0 Å². The third-order valence-electron chi connectivity index (χ3n) is 5.26. The van der Waals surface area contributed by atoms with Crippen LogP contribution in [0, 0.1) is 5.82 Å². The lowest BCUT2D eigenvalue weighted by Gasteiger charge is -2.12. The predicted molar refractivity (Wildman–Crippen MR) is 130 cm³/mol. The second-order valence-corrected chi connectivity index (χ2v) is 8.00. The summed E-state index contributed by atoms with van der Waals surface area (Å²) in [4.78, 5) is 22.8. The van der Waals surface area contributed by atoms with Crippen molar-refractivity contribution in [1.29, 1.82) is 0 Å². The van der Waals surface area contributed by atoms with Crippen LogP contribution in [0.1, 0.15) is 16.1 Å². The Balaban J connectivity index is 1.38. The van der Waals surface area contributed by atoms with Crippen molar-refractivity contribution in [1.82, 2.24) is 15.0 Å². The van der Waals surface area contributed by atoms with Crippen molar-refractivity contribution in [3.8, 4) is 17.0 Å². The van der Waals surface area contributed by atoms with Gasteiger partial charge in [-0.1, -0.05) is 29.8 Å². The Bertz CT molecular complexity index is 1500. The fourth-order valence-corrected chi connectivity index (χ4v) is 3.83. The first-order chi connectivity index (χ1) is 16.6. The first kappa shape index (κ1) is 21.6. The van der Waals surface area contributed by atoms with Crippen molar-refractivity contribution < 1.29 is 13.9 Å². The molecule has 8 heteroatoms. The molecule has 0 aliphatic heterocycles. The minimum Gasteiger partial charge on any atom is -0.487 e. The third kappa shape index (κ3) is 4.60. The molecule has 2 N–H and O–H groups in total. The minimum absolute atomic E-state index is 0.203. The van der Waals surface area contributed by atoms with E-state index in [9.17, 15) is 9.18 Å². The number of aldehydes is 1. The quantitative estimate of drug-likeness (QED) is 0.262. The van der Waals surface area contributed by atoms with Crippen LogP contribution >= 0.6 is 11.6 Å². The molecule has 168 valence electrons. The monoisotopic (exact) mass is 472 g/mol. The molecule has 5 rings (SSSR count). The highest BCUT2D eigenvalue weighted by Crippen LogP contribution is 2.32. The summed E-state index contributed by atoms with van der Waals surface area (Å²) in [5.41, 5.74) is 4.43. The Morgan fingerprint density at radius 1 is 1.03 bits per heavy atom. The first-order valence-electron chi connectivity index (χ1n) is 10.4. The molecule has 0 amide bonds. The fraction of sp³-hybridized carbons (Fsp3) is 0.0385. The number of hydrogen-bond acceptors (Lipinski definition) is 5. The number of fused-ring (bicyclic) bond motifs is 1. The second kappa shape index (κ2) is 9.33. The highest BCUT2D eigenvalue weighted by molar-refractivity contribution is 6.32. The van der Waals surface area contributed by atoms with Gasteiger partial charge in [0.15, 0.2) is 6.29 Å². The second-order valence-electron chi connectivity index (χ2n) is 7.59. The van der Waals surface area contributed by atoms with E-state index in [1.54, 1.807) is 30.3 Å². The van der Waals surface area contributed by atoms with Gasteiger partial charge in [0.25, 0.3) is 0 Å². The van der Waals surface area contributed by atoms with Gasteiger partial charge in [0, 0.05) is 16.8 Å². The smallest absolute Gasteiger partial charge is 0.166 e. The molecule has 2 heterocycles. The summed E-state index contributed by atoms with van der Waals surface area (Å²) in [6, 6.07) is 20.9. The zero-order valence-corrected chi connectivity index (χ0v) is 18.5. The van der Waals surface area contributed by atoms with Crippen molar-refractivity contribution in [2.75, 3.05) is 5.32 Å². The summed E-state index contributed by atoms with van der Waals surface area (Å²) in [6.45, 7) is 0.203. The summed E-state index contributed by atoms with van der Waals surface area (Å²) < 4.78 is 19.1. The van der Waals surface area contributed by atoms with E-state index in [0.29, 0.717) is 27.8 Å². The number of benzene rings is 3. The van der Waals surface area contributed by atoms with Crippen LogP contribution in [0.5, 0.6) is 5.75 Å². The van der Waals surface area contributed by atoms with Crippen LogP contribution in [-0.4, -0.2) is 21.2 Å². The van der Waals surface area contributed by atoms with Gasteiger partial charge in [0.05, 0.1) is 16.2 Å². The number of rotatable bonds is 7. The lowest BCUT2D eigenvalue weighted by atomic mass is 10.1. The minimum atomic E-state index is -0.313. The SMILES string of the molecule is O=Cc1ccc(-c2ccc3ncnc(Nc4ccc(OCc5cccc(F)c5)c(Cl)c4)c3c2)[nH]1. The lowest BCUT2D eigenvalue weighted by molar-refractivity contribution is 0.111. The molecule has 0 unspecified atom stereocenters. The molecule has 0 fully saturated rings. The number of hydrogen-bond donors (Lipinski definition) is 2.